The van der Waals surface area contributed by atoms with Crippen LogP contribution in [0.5, 0.6) is 0 Å². The highest BCUT2D eigenvalue weighted by Crippen LogP contribution is 2.24. The van der Waals surface area contributed by atoms with Crippen LogP contribution < -0.4 is 4.72 Å². The van der Waals surface area contributed by atoms with Crippen LogP contribution in [0.4, 0.5) is 0 Å². The van der Waals surface area contributed by atoms with Crippen molar-refractivity contribution in [2.75, 3.05) is 0 Å². The van der Waals surface area contributed by atoms with Crippen molar-refractivity contribution in [3.05, 3.63) is 38.4 Å². The molecule has 2 heterocycles. The van der Waals surface area contributed by atoms with Gasteiger partial charge < -0.3 is 5.11 Å². The number of rotatable bonds is 5. The van der Waals surface area contributed by atoms with E-state index in [0.717, 1.165) is 4.88 Å². The van der Waals surface area contributed by atoms with Crippen LogP contribution in [0.15, 0.2) is 28.5 Å². The fraction of sp³-hybridized carbons (Fsp3) is 0.100. The minimum atomic E-state index is -3.69. The molecular formula is C10H8ClNO4S3. The molecule has 0 atom stereocenters. The first-order chi connectivity index (χ1) is 8.88. The molecule has 0 fully saturated rings. The number of carboxylic acids is 1. The van der Waals surface area contributed by atoms with Gasteiger partial charge in [-0.3, -0.25) is 0 Å². The molecule has 0 unspecified atom stereocenters. The van der Waals surface area contributed by atoms with Crippen LogP contribution in [-0.4, -0.2) is 19.5 Å². The molecule has 0 spiro atoms. The normalized spacial score (nSPS) is 11.6. The summed E-state index contributed by atoms with van der Waals surface area (Å²) < 4.78 is 26.8. The highest BCUT2D eigenvalue weighted by atomic mass is 35.5. The topological polar surface area (TPSA) is 83.5 Å². The minimum Gasteiger partial charge on any atom is -0.477 e. The fourth-order valence-corrected chi connectivity index (χ4v) is 4.58. The van der Waals surface area contributed by atoms with Crippen molar-refractivity contribution in [2.45, 2.75) is 10.8 Å². The van der Waals surface area contributed by atoms with E-state index in [1.165, 1.54) is 23.5 Å². The summed E-state index contributed by atoms with van der Waals surface area (Å²) in [5, 5.41) is 8.76. The van der Waals surface area contributed by atoms with Crippen molar-refractivity contribution in [1.82, 2.24) is 4.72 Å². The second kappa shape index (κ2) is 5.59. The monoisotopic (exact) mass is 337 g/mol. The van der Waals surface area contributed by atoms with E-state index in [1.807, 2.05) is 0 Å². The Bertz CT molecular complexity index is 704. The first kappa shape index (κ1) is 14.5. The number of sulfonamides is 1. The van der Waals surface area contributed by atoms with Crippen molar-refractivity contribution < 1.29 is 18.3 Å². The van der Waals surface area contributed by atoms with Crippen LogP contribution in [0.2, 0.25) is 4.34 Å². The number of thiophene rings is 2. The van der Waals surface area contributed by atoms with E-state index in [0.29, 0.717) is 15.7 Å². The van der Waals surface area contributed by atoms with Crippen LogP contribution in [0.3, 0.4) is 0 Å². The molecular weight excluding hydrogens is 330 g/mol. The van der Waals surface area contributed by atoms with Crippen LogP contribution >= 0.6 is 34.3 Å². The molecule has 2 aromatic rings. The van der Waals surface area contributed by atoms with Gasteiger partial charge in [0.2, 0.25) is 10.0 Å². The third kappa shape index (κ3) is 3.54. The van der Waals surface area contributed by atoms with Crippen molar-refractivity contribution in [2.24, 2.45) is 0 Å². The summed E-state index contributed by atoms with van der Waals surface area (Å²) in [6, 6.07) is 5.96. The number of halogens is 1. The van der Waals surface area contributed by atoms with Gasteiger partial charge in [0, 0.05) is 11.4 Å². The van der Waals surface area contributed by atoms with Gasteiger partial charge in [0.25, 0.3) is 0 Å². The molecule has 2 aromatic heterocycles. The van der Waals surface area contributed by atoms with E-state index in [2.05, 4.69) is 4.72 Å². The second-order valence-electron chi connectivity index (χ2n) is 3.45. The minimum absolute atomic E-state index is 0.0143. The molecule has 9 heteroatoms. The summed E-state index contributed by atoms with van der Waals surface area (Å²) in [4.78, 5) is 11.5. The Morgan fingerprint density at radius 1 is 1.26 bits per heavy atom. The molecule has 102 valence electrons. The fourth-order valence-electron chi connectivity index (χ4n) is 1.26. The maximum absolute atomic E-state index is 11.9. The van der Waals surface area contributed by atoms with Crippen LogP contribution in [0, 0.1) is 0 Å². The molecule has 0 saturated heterocycles. The van der Waals surface area contributed by atoms with Gasteiger partial charge in [-0.2, -0.15) is 0 Å². The standard InChI is InChI=1S/C10H8ClNO4S3/c11-8-3-1-6(17-8)5-12-19(15,16)9-4-2-7(18-9)10(13)14/h1-4,12H,5H2,(H,13,14). The Balaban J connectivity index is 2.11. The van der Waals surface area contributed by atoms with Gasteiger partial charge in [-0.1, -0.05) is 11.6 Å². The smallest absolute Gasteiger partial charge is 0.345 e. The van der Waals surface area contributed by atoms with Gasteiger partial charge in [-0.05, 0) is 24.3 Å². The Kier molecular flexibility index (Phi) is 4.26. The van der Waals surface area contributed by atoms with E-state index in [1.54, 1.807) is 12.1 Å². The molecule has 0 saturated carbocycles. The second-order valence-corrected chi connectivity index (χ2v) is 8.33. The lowest BCUT2D eigenvalue weighted by Crippen LogP contribution is -2.21. The molecule has 0 aliphatic heterocycles. The average molecular weight is 338 g/mol. The Hall–Kier alpha value is -0.930. The van der Waals surface area contributed by atoms with Crippen LogP contribution in [-0.2, 0) is 16.6 Å². The quantitative estimate of drug-likeness (QED) is 0.878. The molecule has 0 amide bonds. The third-order valence-electron chi connectivity index (χ3n) is 2.12. The van der Waals surface area contributed by atoms with Gasteiger partial charge in [0.05, 0.1) is 4.34 Å². The van der Waals surface area contributed by atoms with Gasteiger partial charge in [-0.25, -0.2) is 17.9 Å². The number of hydrogen-bond acceptors (Lipinski definition) is 5. The number of nitrogens with one attached hydrogen (secondary N) is 1. The summed E-state index contributed by atoms with van der Waals surface area (Å²) in [5.74, 6) is -1.14. The Labute approximate surface area is 122 Å². The van der Waals surface area contributed by atoms with Crippen LogP contribution in [0.1, 0.15) is 14.5 Å². The lowest BCUT2D eigenvalue weighted by molar-refractivity contribution is 0.0702. The van der Waals surface area contributed by atoms with E-state index < -0.39 is 16.0 Å². The maximum Gasteiger partial charge on any atom is 0.345 e. The summed E-state index contributed by atoms with van der Waals surface area (Å²) in [6.07, 6.45) is 0. The number of carboxylic acid groups (broad SMARTS) is 1. The van der Waals surface area contributed by atoms with Crippen molar-refractivity contribution in [3.8, 4) is 0 Å². The molecule has 2 rings (SSSR count). The highest BCUT2D eigenvalue weighted by molar-refractivity contribution is 7.91. The predicted octanol–water partition coefficient (Wildman–Crippen LogP) is 2.64. The van der Waals surface area contributed by atoms with Crippen molar-refractivity contribution in [1.29, 1.82) is 0 Å². The molecule has 19 heavy (non-hydrogen) atoms. The highest BCUT2D eigenvalue weighted by Gasteiger charge is 2.18. The first-order valence-electron chi connectivity index (χ1n) is 4.95. The summed E-state index contributed by atoms with van der Waals surface area (Å²) >= 11 is 7.74. The number of hydrogen-bond donors (Lipinski definition) is 2. The van der Waals surface area contributed by atoms with Gasteiger partial charge >= 0.3 is 5.97 Å². The number of aromatic carboxylic acids is 1. The van der Waals surface area contributed by atoms with E-state index in [9.17, 15) is 13.2 Å². The third-order valence-corrected chi connectivity index (χ3v) is 6.32. The maximum atomic E-state index is 11.9. The molecule has 0 bridgehead atoms. The summed E-state index contributed by atoms with van der Waals surface area (Å²) in [5.41, 5.74) is 0. The zero-order chi connectivity index (χ0) is 14.0. The molecule has 0 aliphatic rings. The first-order valence-corrected chi connectivity index (χ1v) is 8.45. The van der Waals surface area contributed by atoms with E-state index >= 15 is 0 Å². The van der Waals surface area contributed by atoms with E-state index in [-0.39, 0.29) is 15.6 Å². The van der Waals surface area contributed by atoms with Gasteiger partial charge in [0.1, 0.15) is 9.09 Å². The Morgan fingerprint density at radius 2 is 2.00 bits per heavy atom. The van der Waals surface area contributed by atoms with Crippen molar-refractivity contribution >= 4 is 50.3 Å². The van der Waals surface area contributed by atoms with Crippen LogP contribution in [0.25, 0.3) is 0 Å². The summed E-state index contributed by atoms with van der Waals surface area (Å²) in [7, 11) is -3.69. The molecule has 0 aromatic carbocycles. The van der Waals surface area contributed by atoms with E-state index in [4.69, 9.17) is 16.7 Å². The molecule has 0 radical (unpaired) electrons. The Morgan fingerprint density at radius 3 is 2.53 bits per heavy atom. The lowest BCUT2D eigenvalue weighted by Gasteiger charge is -2.02. The summed E-state index contributed by atoms with van der Waals surface area (Å²) in [6.45, 7) is 0.125. The zero-order valence-corrected chi connectivity index (χ0v) is 12.5. The average Bonchev–Trinajstić information content (AvgIpc) is 2.95. The largest absolute Gasteiger partial charge is 0.477 e. The van der Waals surface area contributed by atoms with Gasteiger partial charge in [-0.15, -0.1) is 22.7 Å². The lowest BCUT2D eigenvalue weighted by atomic mass is 10.5. The molecule has 2 N–H and O–H groups in total. The zero-order valence-electron chi connectivity index (χ0n) is 9.29. The predicted molar refractivity (Wildman–Crippen MR) is 74.6 cm³/mol. The molecule has 0 aliphatic carbocycles. The number of carbonyl (C=O) groups is 1. The SMILES string of the molecule is O=C(O)c1ccc(S(=O)(=O)NCc2ccc(Cl)s2)s1. The molecule has 5 nitrogen and oxygen atoms in total. The van der Waals surface area contributed by atoms with Crippen molar-refractivity contribution in [3.63, 3.8) is 0 Å². The van der Waals surface area contributed by atoms with Gasteiger partial charge in [0.15, 0.2) is 0 Å².